The van der Waals surface area contributed by atoms with Crippen molar-refractivity contribution in [2.24, 2.45) is 5.41 Å². The van der Waals surface area contributed by atoms with Crippen LogP contribution in [0.3, 0.4) is 0 Å². The van der Waals surface area contributed by atoms with E-state index >= 15 is 0 Å². The van der Waals surface area contributed by atoms with Crippen LogP contribution in [-0.4, -0.2) is 43.9 Å². The molecule has 1 aliphatic rings. The fourth-order valence-electron chi connectivity index (χ4n) is 2.50. The number of carbonyl (C=O) groups excluding carboxylic acids is 2. The van der Waals surface area contributed by atoms with Gasteiger partial charge in [0.05, 0.1) is 11.3 Å². The fourth-order valence-corrected chi connectivity index (χ4v) is 2.50. The minimum atomic E-state index is -0.375. The molecule has 0 spiro atoms. The highest BCUT2D eigenvalue weighted by Gasteiger charge is 2.35. The zero-order valence-electron chi connectivity index (χ0n) is 12.9. The number of hydrogen-bond donors (Lipinski definition) is 2. The Labute approximate surface area is 125 Å². The Morgan fingerprint density at radius 1 is 1.19 bits per heavy atom. The Kier molecular flexibility index (Phi) is 4.63. The minimum absolute atomic E-state index is 0.0111. The van der Waals surface area contributed by atoms with E-state index in [1.807, 2.05) is 13.0 Å². The fraction of sp³-hybridized carbons (Fsp3) is 0.500. The number of carbonyl (C=O) groups is 2. The molecule has 2 N–H and O–H groups in total. The normalized spacial score (nSPS) is 17.1. The van der Waals surface area contributed by atoms with Gasteiger partial charge in [0.25, 0.3) is 5.91 Å². The SMILES string of the molecule is CN(C)C(=O)c1ccccc1NC(=O)C1(C)CCNCC1. The van der Waals surface area contributed by atoms with Gasteiger partial charge in [-0.15, -0.1) is 0 Å². The Bertz CT molecular complexity index is 534. The topological polar surface area (TPSA) is 61.4 Å². The molecule has 1 aromatic carbocycles. The molecule has 0 radical (unpaired) electrons. The highest BCUT2D eigenvalue weighted by Crippen LogP contribution is 2.30. The van der Waals surface area contributed by atoms with Crippen molar-refractivity contribution >= 4 is 17.5 Å². The van der Waals surface area contributed by atoms with Gasteiger partial charge in [-0.05, 0) is 38.1 Å². The first-order chi connectivity index (χ1) is 9.94. The number of piperidine rings is 1. The molecule has 1 saturated heterocycles. The predicted octanol–water partition coefficient (Wildman–Crippen LogP) is 1.72. The molecule has 2 amide bonds. The number of benzene rings is 1. The quantitative estimate of drug-likeness (QED) is 0.890. The lowest BCUT2D eigenvalue weighted by molar-refractivity contribution is -0.126. The van der Waals surface area contributed by atoms with E-state index in [1.54, 1.807) is 32.3 Å². The van der Waals surface area contributed by atoms with Gasteiger partial charge in [0.1, 0.15) is 0 Å². The summed E-state index contributed by atoms with van der Waals surface area (Å²) in [6, 6.07) is 7.15. The lowest BCUT2D eigenvalue weighted by atomic mass is 9.80. The summed E-state index contributed by atoms with van der Waals surface area (Å²) in [6.45, 7) is 3.68. The summed E-state index contributed by atoms with van der Waals surface area (Å²) < 4.78 is 0. The van der Waals surface area contributed by atoms with Crippen LogP contribution in [0.5, 0.6) is 0 Å². The van der Waals surface area contributed by atoms with Gasteiger partial charge >= 0.3 is 0 Å². The predicted molar refractivity (Wildman–Crippen MR) is 83.3 cm³/mol. The number of rotatable bonds is 3. The van der Waals surface area contributed by atoms with Crippen molar-refractivity contribution in [3.05, 3.63) is 29.8 Å². The molecule has 0 aromatic heterocycles. The molecule has 1 fully saturated rings. The van der Waals surface area contributed by atoms with Crippen LogP contribution in [-0.2, 0) is 4.79 Å². The number of para-hydroxylation sites is 1. The summed E-state index contributed by atoms with van der Waals surface area (Å²) in [5.74, 6) is -0.121. The molecule has 0 unspecified atom stereocenters. The second-order valence-electron chi connectivity index (χ2n) is 6.01. The maximum absolute atomic E-state index is 12.6. The van der Waals surface area contributed by atoms with E-state index in [9.17, 15) is 9.59 Å². The highest BCUT2D eigenvalue weighted by atomic mass is 16.2. The molecule has 0 bridgehead atoms. The molecule has 1 aliphatic heterocycles. The minimum Gasteiger partial charge on any atom is -0.345 e. The molecule has 0 saturated carbocycles. The van der Waals surface area contributed by atoms with Crippen LogP contribution in [0.2, 0.25) is 0 Å². The molecule has 21 heavy (non-hydrogen) atoms. The monoisotopic (exact) mass is 289 g/mol. The second kappa shape index (κ2) is 6.26. The van der Waals surface area contributed by atoms with E-state index in [1.165, 1.54) is 4.90 Å². The Balaban J connectivity index is 2.19. The van der Waals surface area contributed by atoms with Crippen LogP contribution in [0.15, 0.2) is 24.3 Å². The molecule has 114 valence electrons. The summed E-state index contributed by atoms with van der Waals surface area (Å²) in [5, 5.41) is 6.20. The van der Waals surface area contributed by atoms with Crippen LogP contribution in [0.25, 0.3) is 0 Å². The zero-order valence-corrected chi connectivity index (χ0v) is 12.9. The smallest absolute Gasteiger partial charge is 0.255 e. The largest absolute Gasteiger partial charge is 0.345 e. The van der Waals surface area contributed by atoms with Crippen molar-refractivity contribution in [2.45, 2.75) is 19.8 Å². The summed E-state index contributed by atoms with van der Waals surface area (Å²) in [6.07, 6.45) is 1.62. The van der Waals surface area contributed by atoms with Crippen LogP contribution in [0, 0.1) is 5.41 Å². The number of amides is 2. The average molecular weight is 289 g/mol. The van der Waals surface area contributed by atoms with Gasteiger partial charge in [0, 0.05) is 19.5 Å². The van der Waals surface area contributed by atoms with Crippen LogP contribution >= 0.6 is 0 Å². The summed E-state index contributed by atoms with van der Waals surface area (Å²) in [7, 11) is 3.41. The Morgan fingerprint density at radius 3 is 2.43 bits per heavy atom. The number of hydrogen-bond acceptors (Lipinski definition) is 3. The third-order valence-corrected chi connectivity index (χ3v) is 4.07. The molecule has 1 aromatic rings. The second-order valence-corrected chi connectivity index (χ2v) is 6.01. The van der Waals surface area contributed by atoms with Crippen molar-refractivity contribution in [3.8, 4) is 0 Å². The lowest BCUT2D eigenvalue weighted by Crippen LogP contribution is -2.43. The van der Waals surface area contributed by atoms with Gasteiger partial charge in [-0.3, -0.25) is 9.59 Å². The highest BCUT2D eigenvalue weighted by molar-refractivity contribution is 6.04. The maximum atomic E-state index is 12.6. The van der Waals surface area contributed by atoms with Crippen molar-refractivity contribution in [1.82, 2.24) is 10.2 Å². The molecule has 0 aliphatic carbocycles. The van der Waals surface area contributed by atoms with E-state index < -0.39 is 0 Å². The van der Waals surface area contributed by atoms with Crippen LogP contribution < -0.4 is 10.6 Å². The van der Waals surface area contributed by atoms with Crippen molar-refractivity contribution in [2.75, 3.05) is 32.5 Å². The van der Waals surface area contributed by atoms with Crippen molar-refractivity contribution in [1.29, 1.82) is 0 Å². The maximum Gasteiger partial charge on any atom is 0.255 e. The molecule has 5 heteroatoms. The van der Waals surface area contributed by atoms with Gasteiger partial charge in [-0.2, -0.15) is 0 Å². The third-order valence-electron chi connectivity index (χ3n) is 4.07. The van der Waals surface area contributed by atoms with Crippen LogP contribution in [0.4, 0.5) is 5.69 Å². The number of nitrogens with zero attached hydrogens (tertiary/aromatic N) is 1. The van der Waals surface area contributed by atoms with E-state index in [2.05, 4.69) is 10.6 Å². The van der Waals surface area contributed by atoms with Gasteiger partial charge in [-0.25, -0.2) is 0 Å². The summed E-state index contributed by atoms with van der Waals surface area (Å²) in [5.41, 5.74) is 0.730. The van der Waals surface area contributed by atoms with Gasteiger partial charge in [0.15, 0.2) is 0 Å². The molecule has 2 rings (SSSR count). The molecule has 5 nitrogen and oxygen atoms in total. The number of nitrogens with one attached hydrogen (secondary N) is 2. The van der Waals surface area contributed by atoms with Crippen LogP contribution in [0.1, 0.15) is 30.1 Å². The summed E-state index contributed by atoms with van der Waals surface area (Å²) in [4.78, 5) is 26.2. The Morgan fingerprint density at radius 2 is 1.81 bits per heavy atom. The molecular formula is C16H23N3O2. The molecule has 1 heterocycles. The van der Waals surface area contributed by atoms with E-state index in [0.717, 1.165) is 25.9 Å². The van der Waals surface area contributed by atoms with Gasteiger partial charge < -0.3 is 15.5 Å². The van der Waals surface area contributed by atoms with Crippen molar-refractivity contribution < 1.29 is 9.59 Å². The zero-order chi connectivity index (χ0) is 15.5. The van der Waals surface area contributed by atoms with Crippen molar-refractivity contribution in [3.63, 3.8) is 0 Å². The molecule has 0 atom stereocenters. The van der Waals surface area contributed by atoms with Gasteiger partial charge in [-0.1, -0.05) is 19.1 Å². The average Bonchev–Trinajstić information content (AvgIpc) is 2.47. The standard InChI is InChI=1S/C16H23N3O2/c1-16(8-10-17-11-9-16)15(21)18-13-7-5-4-6-12(13)14(20)19(2)3/h4-7,17H,8-11H2,1-3H3,(H,18,21). The first-order valence-corrected chi connectivity index (χ1v) is 7.27. The Hall–Kier alpha value is -1.88. The van der Waals surface area contributed by atoms with Gasteiger partial charge in [0.2, 0.25) is 5.91 Å². The molecular weight excluding hydrogens is 266 g/mol. The van der Waals surface area contributed by atoms with E-state index in [4.69, 9.17) is 0 Å². The first kappa shape index (κ1) is 15.5. The number of anilines is 1. The lowest BCUT2D eigenvalue weighted by Gasteiger charge is -2.32. The van der Waals surface area contributed by atoms with E-state index in [-0.39, 0.29) is 17.2 Å². The van der Waals surface area contributed by atoms with E-state index in [0.29, 0.717) is 11.3 Å². The first-order valence-electron chi connectivity index (χ1n) is 7.27. The summed E-state index contributed by atoms with van der Waals surface area (Å²) >= 11 is 0. The third kappa shape index (κ3) is 3.42.